The number of fused-ring (bicyclic) bond motifs is 1. The third kappa shape index (κ3) is 8.99. The van der Waals surface area contributed by atoms with Gasteiger partial charge in [-0.25, -0.2) is 13.1 Å². The van der Waals surface area contributed by atoms with E-state index in [1.807, 2.05) is 42.5 Å². The summed E-state index contributed by atoms with van der Waals surface area (Å²) in [6, 6.07) is 25.2. The van der Waals surface area contributed by atoms with Gasteiger partial charge in [-0.3, -0.25) is 14.4 Å². The van der Waals surface area contributed by atoms with Crippen molar-refractivity contribution >= 4 is 38.3 Å². The number of nitrogens with zero attached hydrogens (tertiary/aromatic N) is 3. The van der Waals surface area contributed by atoms with Crippen LogP contribution in [0.4, 0.5) is 0 Å². The van der Waals surface area contributed by atoms with E-state index in [1.54, 1.807) is 42.5 Å². The number of rotatable bonds is 16. The summed E-state index contributed by atoms with van der Waals surface area (Å²) in [6.45, 7) is 1.24. The van der Waals surface area contributed by atoms with E-state index in [4.69, 9.17) is 10.5 Å². The average Bonchev–Trinajstić information content (AvgIpc) is 3.02. The van der Waals surface area contributed by atoms with Gasteiger partial charge in [-0.2, -0.15) is 0 Å². The van der Waals surface area contributed by atoms with Crippen LogP contribution in [0, 0.1) is 5.92 Å². The molecule has 45 heavy (non-hydrogen) atoms. The van der Waals surface area contributed by atoms with Gasteiger partial charge in [-0.1, -0.05) is 77.9 Å². The predicted molar refractivity (Wildman–Crippen MR) is 170 cm³/mol. The molecule has 11 nitrogen and oxygen atoms in total. The van der Waals surface area contributed by atoms with Crippen molar-refractivity contribution in [3.63, 3.8) is 0 Å². The van der Waals surface area contributed by atoms with Crippen molar-refractivity contribution in [3.8, 4) is 5.75 Å². The Labute approximate surface area is 261 Å². The van der Waals surface area contributed by atoms with Crippen molar-refractivity contribution in [2.24, 2.45) is 16.8 Å². The molecule has 0 aromatic heterocycles. The summed E-state index contributed by atoms with van der Waals surface area (Å²) in [5, 5.41) is 5.44. The molecular weight excluding hydrogens is 594 g/mol. The van der Waals surface area contributed by atoms with Gasteiger partial charge < -0.3 is 10.5 Å². The molecule has 0 saturated carbocycles. The van der Waals surface area contributed by atoms with Gasteiger partial charge in [0.05, 0.1) is 29.1 Å². The maximum atomic E-state index is 13.8. The number of carbonyl (C=O) groups excluding carboxylic acids is 3. The van der Waals surface area contributed by atoms with Crippen molar-refractivity contribution < 1.29 is 27.5 Å². The van der Waals surface area contributed by atoms with Crippen molar-refractivity contribution in [3.05, 3.63) is 119 Å². The Morgan fingerprint density at radius 1 is 0.911 bits per heavy atom. The molecule has 0 aliphatic carbocycles. The summed E-state index contributed by atoms with van der Waals surface area (Å²) in [6.07, 6.45) is -0.568. The number of nitrogens with one attached hydrogen (secondary N) is 1. The van der Waals surface area contributed by atoms with Gasteiger partial charge in [-0.05, 0) is 65.4 Å². The number of para-hydroxylation sites is 1. The summed E-state index contributed by atoms with van der Waals surface area (Å²) in [7, 11) is -4.24. The number of ketones is 2. The molecule has 0 spiro atoms. The Balaban J connectivity index is 1.61. The molecule has 0 unspecified atom stereocenters. The summed E-state index contributed by atoms with van der Waals surface area (Å²) in [5.41, 5.74) is 16.0. The molecule has 0 radical (unpaired) electrons. The monoisotopic (exact) mass is 627 g/mol. The Bertz CT molecular complexity index is 1840. The lowest BCUT2D eigenvalue weighted by atomic mass is 9.86. The van der Waals surface area contributed by atoms with Crippen molar-refractivity contribution in [1.29, 1.82) is 0 Å². The molecule has 4 aromatic rings. The first-order valence-electron chi connectivity index (χ1n) is 14.2. The highest BCUT2D eigenvalue weighted by atomic mass is 32.2. The SMILES string of the molecule is CC(=O)c1ccccc1OC[C@@H](N=[N+]=[N-])[C@@H](CC(=O)[C@H](CC(N)=O)NS(=O)(=O)c1ccc2ccccc2c1)Cc1ccccc1. The maximum absolute atomic E-state index is 13.8. The van der Waals surface area contributed by atoms with Crippen LogP contribution in [0.25, 0.3) is 21.2 Å². The molecule has 0 aliphatic heterocycles. The van der Waals surface area contributed by atoms with Crippen LogP contribution < -0.4 is 15.2 Å². The van der Waals surface area contributed by atoms with E-state index >= 15 is 0 Å². The molecular formula is C33H33N5O6S. The topological polar surface area (TPSA) is 181 Å². The van der Waals surface area contributed by atoms with Gasteiger partial charge in [-0.15, -0.1) is 0 Å². The van der Waals surface area contributed by atoms with Crippen LogP contribution in [-0.2, 0) is 26.0 Å². The van der Waals surface area contributed by atoms with Gasteiger partial charge in [0.25, 0.3) is 0 Å². The number of ether oxygens (including phenoxy) is 1. The van der Waals surface area contributed by atoms with Gasteiger partial charge in [0, 0.05) is 17.8 Å². The van der Waals surface area contributed by atoms with E-state index in [-0.39, 0.29) is 30.1 Å². The first-order valence-corrected chi connectivity index (χ1v) is 15.7. The highest BCUT2D eigenvalue weighted by Gasteiger charge is 2.32. The molecule has 0 aliphatic rings. The van der Waals surface area contributed by atoms with Crippen LogP contribution in [0.2, 0.25) is 0 Å². The standard InChI is InChI=1S/C33H33N5O6S/c1-22(39)28-13-7-8-14-32(28)44-21-30(36-38-35)26(17-23-9-3-2-4-10-23)19-31(40)29(20-33(34)41)37-45(42,43)27-16-15-24-11-5-6-12-25(24)18-27/h2-16,18,26,29-30,37H,17,19-21H2,1H3,(H2,34,41)/t26-,29+,30-/m1/s1. The zero-order chi connectivity index (χ0) is 32.4. The molecule has 4 aromatic carbocycles. The van der Waals surface area contributed by atoms with Gasteiger partial charge in [0.2, 0.25) is 15.9 Å². The van der Waals surface area contributed by atoms with Crippen molar-refractivity contribution in [2.75, 3.05) is 6.61 Å². The quantitative estimate of drug-likeness (QED) is 0.0750. The molecule has 4 rings (SSSR count). The molecule has 0 heterocycles. The molecule has 1 amide bonds. The van der Waals surface area contributed by atoms with E-state index in [1.165, 1.54) is 19.1 Å². The second-order valence-corrected chi connectivity index (χ2v) is 12.3. The van der Waals surface area contributed by atoms with E-state index in [0.717, 1.165) is 10.9 Å². The number of azide groups is 1. The van der Waals surface area contributed by atoms with Gasteiger partial charge in [0.15, 0.2) is 11.6 Å². The molecule has 3 N–H and O–H groups in total. The lowest BCUT2D eigenvalue weighted by molar-refractivity contribution is -0.126. The number of hydrogen-bond acceptors (Lipinski definition) is 7. The van der Waals surface area contributed by atoms with E-state index < -0.39 is 46.1 Å². The van der Waals surface area contributed by atoms with Crippen LogP contribution in [0.1, 0.15) is 35.7 Å². The minimum atomic E-state index is -4.24. The number of Topliss-reactive ketones (excluding diaryl/α,β-unsaturated/α-hetero) is 2. The zero-order valence-electron chi connectivity index (χ0n) is 24.6. The van der Waals surface area contributed by atoms with Crippen LogP contribution in [0.3, 0.4) is 0 Å². The van der Waals surface area contributed by atoms with E-state index in [9.17, 15) is 28.3 Å². The fourth-order valence-electron chi connectivity index (χ4n) is 5.06. The smallest absolute Gasteiger partial charge is 0.241 e. The Morgan fingerprint density at radius 2 is 1.58 bits per heavy atom. The van der Waals surface area contributed by atoms with Crippen molar-refractivity contribution in [1.82, 2.24) is 4.72 Å². The summed E-state index contributed by atoms with van der Waals surface area (Å²) < 4.78 is 35.1. The normalized spacial score (nSPS) is 13.3. The van der Waals surface area contributed by atoms with E-state index in [2.05, 4.69) is 14.7 Å². The number of benzene rings is 4. The molecule has 0 saturated heterocycles. The lowest BCUT2D eigenvalue weighted by Crippen LogP contribution is -2.44. The number of sulfonamides is 1. The second-order valence-electron chi connectivity index (χ2n) is 10.6. The third-order valence-corrected chi connectivity index (χ3v) is 8.82. The fraction of sp³-hybridized carbons (Fsp3) is 0.242. The van der Waals surface area contributed by atoms with Crippen molar-refractivity contribution in [2.45, 2.75) is 43.2 Å². The Kier molecular flexibility index (Phi) is 11.0. The van der Waals surface area contributed by atoms with Crippen LogP contribution in [0.5, 0.6) is 5.75 Å². The molecule has 3 atom stereocenters. The number of carbonyl (C=O) groups is 3. The summed E-state index contributed by atoms with van der Waals surface area (Å²) >= 11 is 0. The number of nitrogens with two attached hydrogens (primary N) is 1. The van der Waals surface area contributed by atoms with Gasteiger partial charge in [0.1, 0.15) is 5.75 Å². The summed E-state index contributed by atoms with van der Waals surface area (Å²) in [4.78, 5) is 40.8. The fourth-order valence-corrected chi connectivity index (χ4v) is 6.32. The van der Waals surface area contributed by atoms with Crippen LogP contribution >= 0.6 is 0 Å². The molecule has 12 heteroatoms. The predicted octanol–water partition coefficient (Wildman–Crippen LogP) is 5.14. The third-order valence-electron chi connectivity index (χ3n) is 7.35. The van der Waals surface area contributed by atoms with Gasteiger partial charge >= 0.3 is 0 Å². The Morgan fingerprint density at radius 3 is 2.27 bits per heavy atom. The van der Waals surface area contributed by atoms with E-state index in [0.29, 0.717) is 16.7 Å². The molecule has 0 fully saturated rings. The summed E-state index contributed by atoms with van der Waals surface area (Å²) in [5.74, 6) is -2.07. The number of primary amides is 1. The average molecular weight is 628 g/mol. The zero-order valence-corrected chi connectivity index (χ0v) is 25.4. The minimum Gasteiger partial charge on any atom is -0.492 e. The maximum Gasteiger partial charge on any atom is 0.241 e. The van der Waals surface area contributed by atoms with Crippen LogP contribution in [-0.4, -0.2) is 44.6 Å². The first kappa shape index (κ1) is 32.9. The highest BCUT2D eigenvalue weighted by molar-refractivity contribution is 7.89. The number of amides is 1. The molecule has 232 valence electrons. The lowest BCUT2D eigenvalue weighted by Gasteiger charge is -2.26. The first-order chi connectivity index (χ1) is 21.6. The Hall–Kier alpha value is -5.03. The molecule has 0 bridgehead atoms. The highest BCUT2D eigenvalue weighted by Crippen LogP contribution is 2.25. The second kappa shape index (κ2) is 15.1. The number of hydrogen-bond donors (Lipinski definition) is 2. The van der Waals surface area contributed by atoms with Crippen LogP contribution in [0.15, 0.2) is 107 Å². The minimum absolute atomic E-state index is 0.0752. The largest absolute Gasteiger partial charge is 0.492 e.